The second-order valence-electron chi connectivity index (χ2n) is 2.29. The van der Waals surface area contributed by atoms with Gasteiger partial charge in [-0.15, -0.1) is 12.4 Å². The molecule has 0 saturated carbocycles. The first-order chi connectivity index (χ1) is 5.84. The summed E-state index contributed by atoms with van der Waals surface area (Å²) in [5.41, 5.74) is 5.74. The molecule has 0 aliphatic rings. The lowest BCUT2D eigenvalue weighted by Gasteiger charge is -2.01. The van der Waals surface area contributed by atoms with Crippen LogP contribution >= 0.6 is 12.4 Å². The van der Waals surface area contributed by atoms with Gasteiger partial charge in [-0.3, -0.25) is 0 Å². The van der Waals surface area contributed by atoms with E-state index in [0.717, 1.165) is 0 Å². The van der Waals surface area contributed by atoms with Crippen molar-refractivity contribution in [2.75, 3.05) is 13.2 Å². The number of hydrogen-bond donors (Lipinski definition) is 1. The molecule has 3 nitrogen and oxygen atoms in total. The molecule has 0 bridgehead atoms. The molecule has 0 aliphatic carbocycles. The van der Waals surface area contributed by atoms with E-state index >= 15 is 0 Å². The molecule has 0 spiro atoms. The predicted molar refractivity (Wildman–Crippen MR) is 53.0 cm³/mol. The lowest BCUT2D eigenvalue weighted by Crippen LogP contribution is -2.13. The summed E-state index contributed by atoms with van der Waals surface area (Å²) in [5.74, 6) is -0.318. The van der Waals surface area contributed by atoms with E-state index in [9.17, 15) is 4.79 Å². The van der Waals surface area contributed by atoms with Crippen molar-refractivity contribution in [3.8, 4) is 0 Å². The Morgan fingerprint density at radius 2 is 1.92 bits per heavy atom. The molecule has 72 valence electrons. The molecular formula is C9H12ClNO2. The van der Waals surface area contributed by atoms with Crippen molar-refractivity contribution in [1.29, 1.82) is 0 Å². The van der Waals surface area contributed by atoms with E-state index in [0.29, 0.717) is 12.1 Å². The molecule has 0 aliphatic heterocycles. The molecule has 0 saturated heterocycles. The first-order valence-electron chi connectivity index (χ1n) is 3.77. The zero-order valence-corrected chi connectivity index (χ0v) is 7.92. The number of nitrogens with two attached hydrogens (primary N) is 1. The number of halogens is 1. The Morgan fingerprint density at radius 3 is 2.46 bits per heavy atom. The molecule has 1 aromatic rings. The van der Waals surface area contributed by atoms with Crippen molar-refractivity contribution in [2.24, 2.45) is 5.73 Å². The topological polar surface area (TPSA) is 52.3 Å². The van der Waals surface area contributed by atoms with Crippen LogP contribution < -0.4 is 5.73 Å². The van der Waals surface area contributed by atoms with Gasteiger partial charge in [0.05, 0.1) is 5.56 Å². The van der Waals surface area contributed by atoms with Gasteiger partial charge in [-0.2, -0.15) is 0 Å². The zero-order valence-electron chi connectivity index (χ0n) is 7.10. The largest absolute Gasteiger partial charge is 0.461 e. The minimum atomic E-state index is -0.318. The number of hydrogen-bond acceptors (Lipinski definition) is 3. The number of carbonyl (C=O) groups is 1. The van der Waals surface area contributed by atoms with Gasteiger partial charge < -0.3 is 10.5 Å². The Kier molecular flexibility index (Phi) is 5.93. The number of rotatable bonds is 3. The fraction of sp³-hybridized carbons (Fsp3) is 0.222. The fourth-order valence-corrected chi connectivity index (χ4v) is 0.809. The molecule has 0 amide bonds. The second kappa shape index (κ2) is 6.46. The molecule has 0 aromatic heterocycles. The lowest BCUT2D eigenvalue weighted by atomic mass is 10.2. The fourth-order valence-electron chi connectivity index (χ4n) is 0.809. The van der Waals surface area contributed by atoms with Gasteiger partial charge in [-0.25, -0.2) is 4.79 Å². The zero-order chi connectivity index (χ0) is 8.81. The van der Waals surface area contributed by atoms with Crippen LogP contribution in [0, 0.1) is 0 Å². The van der Waals surface area contributed by atoms with Gasteiger partial charge in [0, 0.05) is 6.54 Å². The standard InChI is InChI=1S/C9H11NO2.ClH/c10-6-7-12-9(11)8-4-2-1-3-5-8;/h1-5H,6-7,10H2;1H. The van der Waals surface area contributed by atoms with Crippen molar-refractivity contribution in [3.05, 3.63) is 35.9 Å². The van der Waals surface area contributed by atoms with Gasteiger partial charge in [0.1, 0.15) is 6.61 Å². The van der Waals surface area contributed by atoms with Crippen LogP contribution in [0.1, 0.15) is 10.4 Å². The molecular weight excluding hydrogens is 190 g/mol. The Bertz CT molecular complexity index is 251. The van der Waals surface area contributed by atoms with Crippen molar-refractivity contribution >= 4 is 18.4 Å². The summed E-state index contributed by atoms with van der Waals surface area (Å²) in [6.45, 7) is 0.631. The minimum absolute atomic E-state index is 0. The maximum absolute atomic E-state index is 11.1. The summed E-state index contributed by atoms with van der Waals surface area (Å²) >= 11 is 0. The Balaban J connectivity index is 0.00000144. The van der Waals surface area contributed by atoms with E-state index in [2.05, 4.69) is 0 Å². The third-order valence-corrected chi connectivity index (χ3v) is 1.36. The summed E-state index contributed by atoms with van der Waals surface area (Å²) in [6.07, 6.45) is 0. The number of carbonyl (C=O) groups excluding carboxylic acids is 1. The van der Waals surface area contributed by atoms with E-state index in [1.807, 2.05) is 6.07 Å². The molecule has 4 heteroatoms. The average molecular weight is 202 g/mol. The quantitative estimate of drug-likeness (QED) is 0.749. The molecule has 0 unspecified atom stereocenters. The molecule has 1 aromatic carbocycles. The van der Waals surface area contributed by atoms with Crippen molar-refractivity contribution in [1.82, 2.24) is 0 Å². The van der Waals surface area contributed by atoms with Crippen LogP contribution in [0.2, 0.25) is 0 Å². The molecule has 0 radical (unpaired) electrons. The summed E-state index contributed by atoms with van der Waals surface area (Å²) in [6, 6.07) is 8.84. The smallest absolute Gasteiger partial charge is 0.338 e. The Labute approximate surface area is 83.3 Å². The van der Waals surface area contributed by atoms with Crippen LogP contribution in [0.15, 0.2) is 30.3 Å². The van der Waals surface area contributed by atoms with Crippen LogP contribution in [0.4, 0.5) is 0 Å². The van der Waals surface area contributed by atoms with Gasteiger partial charge in [-0.05, 0) is 12.1 Å². The number of ether oxygens (including phenoxy) is 1. The highest BCUT2D eigenvalue weighted by Crippen LogP contribution is 1.99. The normalized spacial score (nSPS) is 8.69. The van der Waals surface area contributed by atoms with E-state index in [4.69, 9.17) is 10.5 Å². The van der Waals surface area contributed by atoms with Crippen LogP contribution in [0.5, 0.6) is 0 Å². The third-order valence-electron chi connectivity index (χ3n) is 1.36. The van der Waals surface area contributed by atoms with Crippen molar-refractivity contribution in [3.63, 3.8) is 0 Å². The highest BCUT2D eigenvalue weighted by molar-refractivity contribution is 5.89. The predicted octanol–water partition coefficient (Wildman–Crippen LogP) is 1.22. The van der Waals surface area contributed by atoms with Crippen LogP contribution in [0.3, 0.4) is 0 Å². The van der Waals surface area contributed by atoms with E-state index in [1.54, 1.807) is 24.3 Å². The van der Waals surface area contributed by atoms with Crippen molar-refractivity contribution in [2.45, 2.75) is 0 Å². The summed E-state index contributed by atoms with van der Waals surface area (Å²) in [7, 11) is 0. The molecule has 1 rings (SSSR count). The maximum atomic E-state index is 11.1. The van der Waals surface area contributed by atoms with Crippen LogP contribution in [0.25, 0.3) is 0 Å². The SMILES string of the molecule is Cl.NCCOC(=O)c1ccccc1. The lowest BCUT2D eigenvalue weighted by molar-refractivity contribution is 0.0517. The van der Waals surface area contributed by atoms with Crippen LogP contribution in [-0.4, -0.2) is 19.1 Å². The molecule has 13 heavy (non-hydrogen) atoms. The summed E-state index contributed by atoms with van der Waals surface area (Å²) in [5, 5.41) is 0. The van der Waals surface area contributed by atoms with Gasteiger partial charge in [0.15, 0.2) is 0 Å². The average Bonchev–Trinajstić information content (AvgIpc) is 2.15. The summed E-state index contributed by atoms with van der Waals surface area (Å²) in [4.78, 5) is 11.1. The Morgan fingerprint density at radius 1 is 1.31 bits per heavy atom. The molecule has 0 fully saturated rings. The highest BCUT2D eigenvalue weighted by atomic mass is 35.5. The van der Waals surface area contributed by atoms with Gasteiger partial charge >= 0.3 is 5.97 Å². The maximum Gasteiger partial charge on any atom is 0.338 e. The molecule has 0 heterocycles. The van der Waals surface area contributed by atoms with Gasteiger partial charge in [0.25, 0.3) is 0 Å². The monoisotopic (exact) mass is 201 g/mol. The van der Waals surface area contributed by atoms with E-state index in [1.165, 1.54) is 0 Å². The van der Waals surface area contributed by atoms with Crippen molar-refractivity contribution < 1.29 is 9.53 Å². The molecule has 0 atom stereocenters. The molecule has 2 N–H and O–H groups in total. The first-order valence-corrected chi connectivity index (χ1v) is 3.77. The van der Waals surface area contributed by atoms with E-state index in [-0.39, 0.29) is 25.0 Å². The Hall–Kier alpha value is -1.06. The number of esters is 1. The first kappa shape index (κ1) is 11.9. The summed E-state index contributed by atoms with van der Waals surface area (Å²) < 4.78 is 4.81. The minimum Gasteiger partial charge on any atom is -0.461 e. The highest BCUT2D eigenvalue weighted by Gasteiger charge is 2.03. The van der Waals surface area contributed by atoms with Crippen LogP contribution in [-0.2, 0) is 4.74 Å². The third kappa shape index (κ3) is 3.92. The van der Waals surface area contributed by atoms with E-state index < -0.39 is 0 Å². The number of benzene rings is 1. The second-order valence-corrected chi connectivity index (χ2v) is 2.29. The van der Waals surface area contributed by atoms with Gasteiger partial charge in [-0.1, -0.05) is 18.2 Å². The van der Waals surface area contributed by atoms with Gasteiger partial charge in [0.2, 0.25) is 0 Å².